The molecule has 1 aliphatic rings. The van der Waals surface area contributed by atoms with Crippen LogP contribution < -0.4 is 0 Å². The Labute approximate surface area is 103 Å². The quantitative estimate of drug-likeness (QED) is 0.863. The van der Waals surface area contributed by atoms with Gasteiger partial charge >= 0.3 is 0 Å². The standard InChI is InChI=1S/C14H21NO2/c1-11-5-3-4-6-12(11)9-15(2)13-10-17-8-7-14(13)16/h3-6,13-14,16H,7-10H2,1-2H3. The lowest BCUT2D eigenvalue weighted by Crippen LogP contribution is -2.47. The van der Waals surface area contributed by atoms with E-state index in [4.69, 9.17) is 4.74 Å². The Hall–Kier alpha value is -0.900. The lowest BCUT2D eigenvalue weighted by Gasteiger charge is -2.35. The molecule has 3 nitrogen and oxygen atoms in total. The maximum absolute atomic E-state index is 9.97. The van der Waals surface area contributed by atoms with Crippen LogP contribution in [0.4, 0.5) is 0 Å². The summed E-state index contributed by atoms with van der Waals surface area (Å²) in [5.41, 5.74) is 2.61. The molecule has 2 unspecified atom stereocenters. The summed E-state index contributed by atoms with van der Waals surface area (Å²) in [6.07, 6.45) is 0.473. The molecule has 0 aromatic heterocycles. The first-order valence-electron chi connectivity index (χ1n) is 6.19. The fraction of sp³-hybridized carbons (Fsp3) is 0.571. The Morgan fingerprint density at radius 2 is 2.18 bits per heavy atom. The lowest BCUT2D eigenvalue weighted by molar-refractivity contribution is -0.0563. The number of likely N-dealkylation sites (N-methyl/N-ethyl adjacent to an activating group) is 1. The second-order valence-electron chi connectivity index (χ2n) is 4.84. The second-order valence-corrected chi connectivity index (χ2v) is 4.84. The average molecular weight is 235 g/mol. The Bertz CT molecular complexity index is 367. The van der Waals surface area contributed by atoms with Gasteiger partial charge in [-0.25, -0.2) is 0 Å². The van der Waals surface area contributed by atoms with Gasteiger partial charge in [-0.15, -0.1) is 0 Å². The molecule has 2 rings (SSSR count). The van der Waals surface area contributed by atoms with Crippen LogP contribution in [0.25, 0.3) is 0 Å². The van der Waals surface area contributed by atoms with Crippen molar-refractivity contribution in [3.8, 4) is 0 Å². The van der Waals surface area contributed by atoms with E-state index < -0.39 is 0 Å². The van der Waals surface area contributed by atoms with Gasteiger partial charge in [-0.1, -0.05) is 24.3 Å². The van der Waals surface area contributed by atoms with Crippen LogP contribution in [0.1, 0.15) is 17.5 Å². The highest BCUT2D eigenvalue weighted by molar-refractivity contribution is 5.25. The lowest BCUT2D eigenvalue weighted by atomic mass is 10.0. The zero-order valence-corrected chi connectivity index (χ0v) is 10.6. The largest absolute Gasteiger partial charge is 0.391 e. The molecule has 1 aromatic carbocycles. The Kier molecular flexibility index (Phi) is 4.15. The molecule has 17 heavy (non-hydrogen) atoms. The third kappa shape index (κ3) is 3.06. The fourth-order valence-corrected chi connectivity index (χ4v) is 2.31. The van der Waals surface area contributed by atoms with E-state index in [0.717, 1.165) is 13.0 Å². The van der Waals surface area contributed by atoms with Gasteiger partial charge in [0.15, 0.2) is 0 Å². The SMILES string of the molecule is Cc1ccccc1CN(C)C1COCCC1O. The van der Waals surface area contributed by atoms with Crippen LogP contribution in [0.2, 0.25) is 0 Å². The third-order valence-electron chi connectivity index (χ3n) is 3.54. The molecule has 0 amide bonds. The van der Waals surface area contributed by atoms with Gasteiger partial charge < -0.3 is 9.84 Å². The number of aliphatic hydroxyl groups excluding tert-OH is 1. The van der Waals surface area contributed by atoms with Crippen molar-refractivity contribution in [2.45, 2.75) is 32.0 Å². The molecule has 1 heterocycles. The van der Waals surface area contributed by atoms with Crippen LogP contribution >= 0.6 is 0 Å². The van der Waals surface area contributed by atoms with Crippen LogP contribution in [-0.4, -0.2) is 42.4 Å². The van der Waals surface area contributed by atoms with Crippen LogP contribution in [0.3, 0.4) is 0 Å². The summed E-state index contributed by atoms with van der Waals surface area (Å²) >= 11 is 0. The topological polar surface area (TPSA) is 32.7 Å². The maximum Gasteiger partial charge on any atom is 0.0739 e. The Morgan fingerprint density at radius 3 is 2.88 bits per heavy atom. The van der Waals surface area contributed by atoms with Gasteiger partial charge in [-0.3, -0.25) is 4.90 Å². The number of rotatable bonds is 3. The van der Waals surface area contributed by atoms with Crippen LogP contribution in [-0.2, 0) is 11.3 Å². The van der Waals surface area contributed by atoms with Gasteiger partial charge in [0.25, 0.3) is 0 Å². The second kappa shape index (κ2) is 5.63. The molecule has 1 N–H and O–H groups in total. The van der Waals surface area contributed by atoms with E-state index >= 15 is 0 Å². The molecule has 0 radical (unpaired) electrons. The smallest absolute Gasteiger partial charge is 0.0739 e. The van der Waals surface area contributed by atoms with Crippen molar-refractivity contribution in [3.63, 3.8) is 0 Å². The molecular weight excluding hydrogens is 214 g/mol. The van der Waals surface area contributed by atoms with Gasteiger partial charge in [-0.2, -0.15) is 0 Å². The van der Waals surface area contributed by atoms with Crippen LogP contribution in [0, 0.1) is 6.92 Å². The van der Waals surface area contributed by atoms with Crippen molar-refractivity contribution in [2.75, 3.05) is 20.3 Å². The van der Waals surface area contributed by atoms with Crippen molar-refractivity contribution < 1.29 is 9.84 Å². The summed E-state index contributed by atoms with van der Waals surface area (Å²) < 4.78 is 5.44. The molecule has 94 valence electrons. The number of nitrogens with zero attached hydrogens (tertiary/aromatic N) is 1. The normalized spacial score (nSPS) is 25.2. The molecule has 1 aromatic rings. The van der Waals surface area contributed by atoms with E-state index in [1.54, 1.807) is 0 Å². The average Bonchev–Trinajstić information content (AvgIpc) is 2.32. The fourth-order valence-electron chi connectivity index (χ4n) is 2.31. The highest BCUT2D eigenvalue weighted by Gasteiger charge is 2.27. The van der Waals surface area contributed by atoms with Gasteiger partial charge in [-0.05, 0) is 31.5 Å². The van der Waals surface area contributed by atoms with Gasteiger partial charge in [0, 0.05) is 13.2 Å². The number of hydrogen-bond acceptors (Lipinski definition) is 3. The number of ether oxygens (including phenoxy) is 1. The van der Waals surface area contributed by atoms with Crippen LogP contribution in [0.15, 0.2) is 24.3 Å². The van der Waals surface area contributed by atoms with E-state index in [-0.39, 0.29) is 12.1 Å². The zero-order chi connectivity index (χ0) is 12.3. The minimum atomic E-state index is -0.266. The summed E-state index contributed by atoms with van der Waals surface area (Å²) in [4.78, 5) is 2.19. The molecule has 1 saturated heterocycles. The van der Waals surface area contributed by atoms with E-state index in [1.165, 1.54) is 11.1 Å². The van der Waals surface area contributed by atoms with Crippen molar-refractivity contribution in [2.24, 2.45) is 0 Å². The minimum Gasteiger partial charge on any atom is -0.391 e. The van der Waals surface area contributed by atoms with Crippen molar-refractivity contribution in [1.82, 2.24) is 4.90 Å². The highest BCUT2D eigenvalue weighted by Crippen LogP contribution is 2.17. The molecule has 0 saturated carbocycles. The summed E-state index contributed by atoms with van der Waals surface area (Å²) in [5.74, 6) is 0. The molecule has 0 spiro atoms. The van der Waals surface area contributed by atoms with Crippen molar-refractivity contribution in [3.05, 3.63) is 35.4 Å². The number of benzene rings is 1. The van der Waals surface area contributed by atoms with E-state index in [2.05, 4.69) is 43.1 Å². The van der Waals surface area contributed by atoms with E-state index in [9.17, 15) is 5.11 Å². The van der Waals surface area contributed by atoms with Gasteiger partial charge in [0.1, 0.15) is 0 Å². The summed E-state index contributed by atoms with van der Waals surface area (Å²) in [7, 11) is 2.05. The van der Waals surface area contributed by atoms with Gasteiger partial charge in [0.05, 0.1) is 18.8 Å². The molecular formula is C14H21NO2. The number of aryl methyl sites for hydroxylation is 1. The molecule has 1 fully saturated rings. The highest BCUT2D eigenvalue weighted by atomic mass is 16.5. The molecule has 0 aliphatic carbocycles. The third-order valence-corrected chi connectivity index (χ3v) is 3.54. The van der Waals surface area contributed by atoms with Crippen molar-refractivity contribution >= 4 is 0 Å². The molecule has 2 atom stereocenters. The molecule has 0 bridgehead atoms. The first-order chi connectivity index (χ1) is 8.18. The van der Waals surface area contributed by atoms with E-state index in [1.807, 2.05) is 0 Å². The Balaban J connectivity index is 2.01. The monoisotopic (exact) mass is 235 g/mol. The first kappa shape index (κ1) is 12.6. The Morgan fingerprint density at radius 1 is 1.41 bits per heavy atom. The van der Waals surface area contributed by atoms with Crippen molar-refractivity contribution in [1.29, 1.82) is 0 Å². The first-order valence-corrected chi connectivity index (χ1v) is 6.19. The molecule has 1 aliphatic heterocycles. The zero-order valence-electron chi connectivity index (χ0n) is 10.6. The minimum absolute atomic E-state index is 0.114. The predicted octanol–water partition coefficient (Wildman–Crippen LogP) is 1.58. The summed E-state index contributed by atoms with van der Waals surface area (Å²) in [5, 5.41) is 9.97. The summed E-state index contributed by atoms with van der Waals surface area (Å²) in [6.45, 7) is 4.29. The van der Waals surface area contributed by atoms with Crippen LogP contribution in [0.5, 0.6) is 0 Å². The number of hydrogen-bond donors (Lipinski definition) is 1. The van der Waals surface area contributed by atoms with Gasteiger partial charge in [0.2, 0.25) is 0 Å². The predicted molar refractivity (Wildman–Crippen MR) is 67.9 cm³/mol. The van der Waals surface area contributed by atoms with E-state index in [0.29, 0.717) is 13.2 Å². The number of aliphatic hydroxyl groups is 1. The summed E-state index contributed by atoms with van der Waals surface area (Å²) in [6, 6.07) is 8.49. The molecule has 3 heteroatoms. The maximum atomic E-state index is 9.97.